The van der Waals surface area contributed by atoms with E-state index in [0.29, 0.717) is 6.04 Å². The summed E-state index contributed by atoms with van der Waals surface area (Å²) in [7, 11) is 0. The number of thiazole rings is 1. The van der Waals surface area contributed by atoms with Crippen molar-refractivity contribution in [2.75, 3.05) is 0 Å². The molecule has 0 aliphatic heterocycles. The highest BCUT2D eigenvalue weighted by atomic mass is 32.1. The van der Waals surface area contributed by atoms with E-state index in [1.54, 1.807) is 11.3 Å². The Hall–Kier alpha value is -0.410. The van der Waals surface area contributed by atoms with E-state index < -0.39 is 0 Å². The standard InChI is InChI=1S/C14H24N2S/c1-4-12-5-7-14(8-6-12,16-11(2)3)13-15-9-10-17-13/h9-12,16H,4-8H2,1-3H3. The molecule has 0 unspecified atom stereocenters. The van der Waals surface area contributed by atoms with Crippen molar-refractivity contribution in [2.24, 2.45) is 5.92 Å². The van der Waals surface area contributed by atoms with E-state index in [1.165, 1.54) is 37.1 Å². The van der Waals surface area contributed by atoms with Crippen LogP contribution in [0.1, 0.15) is 57.9 Å². The summed E-state index contributed by atoms with van der Waals surface area (Å²) < 4.78 is 0. The van der Waals surface area contributed by atoms with Gasteiger partial charge in [0.05, 0.1) is 5.54 Å². The summed E-state index contributed by atoms with van der Waals surface area (Å²) in [5.41, 5.74) is 0.161. The normalized spacial score (nSPS) is 29.8. The van der Waals surface area contributed by atoms with Crippen molar-refractivity contribution in [3.63, 3.8) is 0 Å². The number of hydrogen-bond acceptors (Lipinski definition) is 3. The van der Waals surface area contributed by atoms with Crippen LogP contribution >= 0.6 is 11.3 Å². The molecule has 0 radical (unpaired) electrons. The maximum Gasteiger partial charge on any atom is 0.113 e. The molecule has 2 nitrogen and oxygen atoms in total. The second-order valence-electron chi connectivity index (χ2n) is 5.57. The molecular weight excluding hydrogens is 228 g/mol. The number of hydrogen-bond donors (Lipinski definition) is 1. The summed E-state index contributed by atoms with van der Waals surface area (Å²) in [5, 5.41) is 7.18. The van der Waals surface area contributed by atoms with Crippen molar-refractivity contribution in [3.8, 4) is 0 Å². The van der Waals surface area contributed by atoms with Crippen molar-refractivity contribution >= 4 is 11.3 Å². The summed E-state index contributed by atoms with van der Waals surface area (Å²) >= 11 is 1.81. The molecule has 1 saturated carbocycles. The smallest absolute Gasteiger partial charge is 0.113 e. The minimum absolute atomic E-state index is 0.161. The lowest BCUT2D eigenvalue weighted by Crippen LogP contribution is -2.48. The lowest BCUT2D eigenvalue weighted by atomic mass is 9.75. The van der Waals surface area contributed by atoms with Crippen LogP contribution < -0.4 is 5.32 Å². The molecule has 0 bridgehead atoms. The highest BCUT2D eigenvalue weighted by molar-refractivity contribution is 7.09. The molecule has 1 aromatic rings. The predicted molar refractivity (Wildman–Crippen MR) is 74.3 cm³/mol. The van der Waals surface area contributed by atoms with Gasteiger partial charge in [0.25, 0.3) is 0 Å². The summed E-state index contributed by atoms with van der Waals surface area (Å²) in [5.74, 6) is 0.928. The van der Waals surface area contributed by atoms with Crippen LogP contribution in [0.5, 0.6) is 0 Å². The van der Waals surface area contributed by atoms with Gasteiger partial charge < -0.3 is 5.32 Å². The number of aromatic nitrogens is 1. The molecule has 1 N–H and O–H groups in total. The summed E-state index contributed by atoms with van der Waals surface area (Å²) in [6.07, 6.45) is 8.45. The van der Waals surface area contributed by atoms with Crippen LogP contribution in [-0.2, 0) is 5.54 Å². The molecule has 1 aliphatic carbocycles. The zero-order valence-corrected chi connectivity index (χ0v) is 12.0. The minimum Gasteiger partial charge on any atom is -0.303 e. The molecule has 3 heteroatoms. The van der Waals surface area contributed by atoms with Crippen LogP contribution in [0, 0.1) is 5.92 Å². The zero-order valence-electron chi connectivity index (χ0n) is 11.2. The molecule has 1 heterocycles. The van der Waals surface area contributed by atoms with Crippen LogP contribution in [0.25, 0.3) is 0 Å². The molecule has 2 rings (SSSR count). The van der Waals surface area contributed by atoms with Gasteiger partial charge in [0.15, 0.2) is 0 Å². The van der Waals surface area contributed by atoms with Crippen LogP contribution in [-0.4, -0.2) is 11.0 Å². The minimum atomic E-state index is 0.161. The summed E-state index contributed by atoms with van der Waals surface area (Å²) in [6.45, 7) is 6.79. The average molecular weight is 252 g/mol. The highest BCUT2D eigenvalue weighted by Gasteiger charge is 2.38. The first kappa shape index (κ1) is 13.0. The monoisotopic (exact) mass is 252 g/mol. The Morgan fingerprint density at radius 2 is 2.18 bits per heavy atom. The van der Waals surface area contributed by atoms with E-state index >= 15 is 0 Å². The number of rotatable bonds is 4. The van der Waals surface area contributed by atoms with Gasteiger partial charge in [0.2, 0.25) is 0 Å². The lowest BCUT2D eigenvalue weighted by Gasteiger charge is -2.41. The Kier molecular flexibility index (Phi) is 4.21. The SMILES string of the molecule is CCC1CCC(NC(C)C)(c2nccs2)CC1. The van der Waals surface area contributed by atoms with Crippen LogP contribution in [0.2, 0.25) is 0 Å². The van der Waals surface area contributed by atoms with E-state index in [2.05, 4.69) is 36.5 Å². The van der Waals surface area contributed by atoms with Crippen LogP contribution in [0.4, 0.5) is 0 Å². The fourth-order valence-corrected chi connectivity index (χ4v) is 3.87. The predicted octanol–water partition coefficient (Wildman–Crippen LogP) is 3.94. The number of nitrogens with zero attached hydrogens (tertiary/aromatic N) is 1. The number of nitrogens with one attached hydrogen (secondary N) is 1. The second-order valence-corrected chi connectivity index (χ2v) is 6.46. The van der Waals surface area contributed by atoms with Crippen molar-refractivity contribution < 1.29 is 0 Å². The van der Waals surface area contributed by atoms with Gasteiger partial charge in [0, 0.05) is 17.6 Å². The second kappa shape index (κ2) is 5.49. The van der Waals surface area contributed by atoms with Crippen LogP contribution in [0.15, 0.2) is 11.6 Å². The molecule has 17 heavy (non-hydrogen) atoms. The maximum atomic E-state index is 4.57. The molecule has 0 saturated heterocycles. The molecule has 96 valence electrons. The molecule has 0 spiro atoms. The average Bonchev–Trinajstić information content (AvgIpc) is 2.83. The topological polar surface area (TPSA) is 24.9 Å². The third kappa shape index (κ3) is 2.89. The molecule has 1 aliphatic rings. The van der Waals surface area contributed by atoms with Gasteiger partial charge in [0.1, 0.15) is 5.01 Å². The Balaban J connectivity index is 2.15. The molecule has 1 aromatic heterocycles. The first-order chi connectivity index (χ1) is 8.16. The first-order valence-corrected chi connectivity index (χ1v) is 7.72. The Morgan fingerprint density at radius 3 is 2.65 bits per heavy atom. The van der Waals surface area contributed by atoms with Gasteiger partial charge in [-0.25, -0.2) is 4.98 Å². The van der Waals surface area contributed by atoms with Crippen molar-refractivity contribution in [2.45, 2.75) is 64.5 Å². The largest absolute Gasteiger partial charge is 0.303 e. The van der Waals surface area contributed by atoms with Crippen molar-refractivity contribution in [3.05, 3.63) is 16.6 Å². The van der Waals surface area contributed by atoms with Gasteiger partial charge in [-0.15, -0.1) is 11.3 Å². The van der Waals surface area contributed by atoms with E-state index in [4.69, 9.17) is 0 Å². The zero-order chi connectivity index (χ0) is 12.3. The lowest BCUT2D eigenvalue weighted by molar-refractivity contribution is 0.173. The van der Waals surface area contributed by atoms with Gasteiger partial charge in [-0.1, -0.05) is 13.3 Å². The van der Waals surface area contributed by atoms with Crippen molar-refractivity contribution in [1.82, 2.24) is 10.3 Å². The fraction of sp³-hybridized carbons (Fsp3) is 0.786. The fourth-order valence-electron chi connectivity index (χ4n) is 3.01. The maximum absolute atomic E-state index is 4.57. The van der Waals surface area contributed by atoms with Gasteiger partial charge >= 0.3 is 0 Å². The van der Waals surface area contributed by atoms with Gasteiger partial charge in [-0.05, 0) is 45.4 Å². The van der Waals surface area contributed by atoms with Crippen molar-refractivity contribution in [1.29, 1.82) is 0 Å². The van der Waals surface area contributed by atoms with Gasteiger partial charge in [-0.2, -0.15) is 0 Å². The third-order valence-corrected chi connectivity index (χ3v) is 4.92. The molecule has 0 aromatic carbocycles. The van der Waals surface area contributed by atoms with Crippen LogP contribution in [0.3, 0.4) is 0 Å². The van der Waals surface area contributed by atoms with E-state index in [-0.39, 0.29) is 5.54 Å². The summed E-state index contributed by atoms with van der Waals surface area (Å²) in [6, 6.07) is 0.525. The first-order valence-electron chi connectivity index (χ1n) is 6.84. The highest BCUT2D eigenvalue weighted by Crippen LogP contribution is 2.41. The van der Waals surface area contributed by atoms with E-state index in [0.717, 1.165) is 5.92 Å². The molecule has 0 atom stereocenters. The van der Waals surface area contributed by atoms with E-state index in [1.807, 2.05) is 6.20 Å². The summed E-state index contributed by atoms with van der Waals surface area (Å²) in [4.78, 5) is 4.57. The van der Waals surface area contributed by atoms with E-state index in [9.17, 15) is 0 Å². The Bertz CT molecular complexity index is 324. The molecule has 0 amide bonds. The Labute approximate surface area is 109 Å². The third-order valence-electron chi connectivity index (χ3n) is 3.94. The molecular formula is C14H24N2S. The van der Waals surface area contributed by atoms with Gasteiger partial charge in [-0.3, -0.25) is 0 Å². The Morgan fingerprint density at radius 1 is 1.47 bits per heavy atom. The quantitative estimate of drug-likeness (QED) is 0.878. The molecule has 1 fully saturated rings.